The molecule has 1 aliphatic heterocycles. The Balaban J connectivity index is 2.49. The van der Waals surface area contributed by atoms with Gasteiger partial charge in [-0.1, -0.05) is 12.8 Å². The Hall–Kier alpha value is -0.520. The Morgan fingerprint density at radius 3 is 2.47 bits per heavy atom. The molecule has 2 heteroatoms. The van der Waals surface area contributed by atoms with Crippen LogP contribution in [0.2, 0.25) is 0 Å². The minimum absolute atomic E-state index is 0.118. The zero-order valence-electron chi connectivity index (χ0n) is 11.8. The van der Waals surface area contributed by atoms with Gasteiger partial charge in [-0.15, -0.1) is 5.92 Å². The molecule has 0 spiro atoms. The molecule has 1 heterocycles. The maximum atomic E-state index is 5.42. The van der Waals surface area contributed by atoms with E-state index >= 15 is 0 Å². The monoisotopic (exact) mass is 237 g/mol. The Kier molecular flexibility index (Phi) is 6.02. The lowest BCUT2D eigenvalue weighted by molar-refractivity contribution is 0.0545. The molecule has 98 valence electrons. The Labute approximate surface area is 107 Å². The van der Waals surface area contributed by atoms with E-state index in [0.717, 1.165) is 32.1 Å². The van der Waals surface area contributed by atoms with Crippen LogP contribution in [-0.2, 0) is 4.74 Å². The van der Waals surface area contributed by atoms with Gasteiger partial charge in [0.2, 0.25) is 0 Å². The maximum Gasteiger partial charge on any atom is 0.0469 e. The van der Waals surface area contributed by atoms with Crippen LogP contribution in [0, 0.1) is 23.2 Å². The van der Waals surface area contributed by atoms with Gasteiger partial charge in [-0.2, -0.15) is 0 Å². The molecule has 1 N–H and O–H groups in total. The highest BCUT2D eigenvalue weighted by Crippen LogP contribution is 2.21. The van der Waals surface area contributed by atoms with Crippen molar-refractivity contribution in [2.24, 2.45) is 11.3 Å². The molecule has 1 saturated heterocycles. The van der Waals surface area contributed by atoms with Crippen molar-refractivity contribution in [2.45, 2.75) is 53.0 Å². The Morgan fingerprint density at radius 2 is 1.94 bits per heavy atom. The molecule has 0 aliphatic carbocycles. The summed E-state index contributed by atoms with van der Waals surface area (Å²) in [6, 6.07) is 0.541. The van der Waals surface area contributed by atoms with Crippen molar-refractivity contribution in [1.29, 1.82) is 0 Å². The predicted molar refractivity (Wildman–Crippen MR) is 72.9 cm³/mol. The summed E-state index contributed by atoms with van der Waals surface area (Å²) in [6.07, 6.45) is 3.32. The van der Waals surface area contributed by atoms with Crippen LogP contribution in [0.25, 0.3) is 0 Å². The van der Waals surface area contributed by atoms with E-state index in [1.165, 1.54) is 12.8 Å². The number of ether oxygens (including phenoxy) is 1. The average molecular weight is 237 g/mol. The molecule has 0 aromatic carbocycles. The second-order valence-electron chi connectivity index (χ2n) is 5.87. The summed E-state index contributed by atoms with van der Waals surface area (Å²) >= 11 is 0. The lowest BCUT2D eigenvalue weighted by atomic mass is 9.89. The summed E-state index contributed by atoms with van der Waals surface area (Å²) in [5.41, 5.74) is 0.118. The maximum absolute atomic E-state index is 5.42. The lowest BCUT2D eigenvalue weighted by Gasteiger charge is -2.29. The van der Waals surface area contributed by atoms with Crippen molar-refractivity contribution in [3.8, 4) is 11.8 Å². The lowest BCUT2D eigenvalue weighted by Crippen LogP contribution is -2.38. The minimum Gasteiger partial charge on any atom is -0.381 e. The first kappa shape index (κ1) is 14.5. The minimum atomic E-state index is 0.118. The molecule has 0 aromatic rings. The van der Waals surface area contributed by atoms with E-state index in [4.69, 9.17) is 4.74 Å². The first-order chi connectivity index (χ1) is 8.03. The number of nitrogens with one attached hydrogen (secondary N) is 1. The zero-order valence-corrected chi connectivity index (χ0v) is 11.8. The van der Waals surface area contributed by atoms with Crippen LogP contribution < -0.4 is 5.32 Å². The third-order valence-corrected chi connectivity index (χ3v) is 3.09. The first-order valence-corrected chi connectivity index (χ1v) is 6.84. The van der Waals surface area contributed by atoms with Gasteiger partial charge < -0.3 is 10.1 Å². The molecular formula is C15H27NO. The van der Waals surface area contributed by atoms with Crippen LogP contribution in [0.3, 0.4) is 0 Å². The summed E-state index contributed by atoms with van der Waals surface area (Å²) in [6.45, 7) is 11.5. The molecule has 0 radical (unpaired) electrons. The van der Waals surface area contributed by atoms with Gasteiger partial charge in [0.05, 0.1) is 0 Å². The van der Waals surface area contributed by atoms with E-state index in [9.17, 15) is 0 Å². The third-order valence-electron chi connectivity index (χ3n) is 3.09. The highest BCUT2D eigenvalue weighted by molar-refractivity contribution is 5.09. The van der Waals surface area contributed by atoms with Crippen LogP contribution in [0.15, 0.2) is 0 Å². The number of rotatable bonds is 4. The third kappa shape index (κ3) is 6.10. The van der Waals surface area contributed by atoms with Crippen LogP contribution in [0.4, 0.5) is 0 Å². The molecule has 0 amide bonds. The fourth-order valence-corrected chi connectivity index (χ4v) is 2.21. The van der Waals surface area contributed by atoms with Gasteiger partial charge in [-0.25, -0.2) is 0 Å². The van der Waals surface area contributed by atoms with Gasteiger partial charge >= 0.3 is 0 Å². The molecule has 1 rings (SSSR count). The van der Waals surface area contributed by atoms with Crippen LogP contribution in [0.5, 0.6) is 0 Å². The van der Waals surface area contributed by atoms with Crippen molar-refractivity contribution in [3.05, 3.63) is 0 Å². The summed E-state index contributed by atoms with van der Waals surface area (Å²) in [5.74, 6) is 7.42. The molecular weight excluding hydrogens is 210 g/mol. The molecule has 1 aliphatic rings. The van der Waals surface area contributed by atoms with Gasteiger partial charge in [0.15, 0.2) is 0 Å². The van der Waals surface area contributed by atoms with Gasteiger partial charge in [0.25, 0.3) is 0 Å². The van der Waals surface area contributed by atoms with Gasteiger partial charge in [-0.3, -0.25) is 0 Å². The second-order valence-corrected chi connectivity index (χ2v) is 5.87. The Morgan fingerprint density at radius 1 is 1.29 bits per heavy atom. The summed E-state index contributed by atoms with van der Waals surface area (Å²) in [4.78, 5) is 0. The van der Waals surface area contributed by atoms with Crippen LogP contribution in [0.1, 0.15) is 47.0 Å². The van der Waals surface area contributed by atoms with E-state index in [2.05, 4.69) is 44.9 Å². The fraction of sp³-hybridized carbons (Fsp3) is 0.867. The van der Waals surface area contributed by atoms with Gasteiger partial charge in [-0.05, 0) is 46.1 Å². The van der Waals surface area contributed by atoms with E-state index < -0.39 is 0 Å². The Bertz CT molecular complexity index is 263. The van der Waals surface area contributed by atoms with Crippen molar-refractivity contribution in [3.63, 3.8) is 0 Å². The van der Waals surface area contributed by atoms with E-state index in [0.29, 0.717) is 6.04 Å². The van der Waals surface area contributed by atoms with E-state index in [1.54, 1.807) is 0 Å². The standard InChI is InChI=1S/C15H27NO/c1-5-16-14(7-6-10-15(2,3)4)13-8-11-17-12-9-13/h13-14,16H,5,7-9,11-12H2,1-4H3. The van der Waals surface area contributed by atoms with Crippen molar-refractivity contribution in [1.82, 2.24) is 5.32 Å². The predicted octanol–water partition coefficient (Wildman–Crippen LogP) is 2.83. The summed E-state index contributed by atoms with van der Waals surface area (Å²) < 4.78 is 5.42. The SMILES string of the molecule is CCNC(CC#CC(C)(C)C)C1CCOCC1. The second kappa shape index (κ2) is 7.03. The van der Waals surface area contributed by atoms with Gasteiger partial charge in [0.1, 0.15) is 0 Å². The summed E-state index contributed by atoms with van der Waals surface area (Å²) in [5, 5.41) is 3.58. The molecule has 0 bridgehead atoms. The summed E-state index contributed by atoms with van der Waals surface area (Å²) in [7, 11) is 0. The molecule has 0 saturated carbocycles. The van der Waals surface area contributed by atoms with E-state index in [-0.39, 0.29) is 5.41 Å². The van der Waals surface area contributed by atoms with Crippen molar-refractivity contribution in [2.75, 3.05) is 19.8 Å². The van der Waals surface area contributed by atoms with Crippen molar-refractivity contribution < 1.29 is 4.74 Å². The first-order valence-electron chi connectivity index (χ1n) is 6.84. The molecule has 1 fully saturated rings. The van der Waals surface area contributed by atoms with Gasteiger partial charge in [0, 0.05) is 31.1 Å². The quantitative estimate of drug-likeness (QED) is 0.759. The highest BCUT2D eigenvalue weighted by Gasteiger charge is 2.22. The molecule has 17 heavy (non-hydrogen) atoms. The molecule has 0 aromatic heterocycles. The zero-order chi connectivity index (χ0) is 12.7. The average Bonchev–Trinajstić information content (AvgIpc) is 2.27. The normalized spacial score (nSPS) is 19.5. The van der Waals surface area contributed by atoms with E-state index in [1.807, 2.05) is 0 Å². The highest BCUT2D eigenvalue weighted by atomic mass is 16.5. The molecule has 1 unspecified atom stereocenters. The molecule has 2 nitrogen and oxygen atoms in total. The number of hydrogen-bond donors (Lipinski definition) is 1. The van der Waals surface area contributed by atoms with Crippen molar-refractivity contribution >= 4 is 0 Å². The topological polar surface area (TPSA) is 21.3 Å². The largest absolute Gasteiger partial charge is 0.381 e. The molecule has 1 atom stereocenters. The van der Waals surface area contributed by atoms with Crippen LogP contribution >= 0.6 is 0 Å². The smallest absolute Gasteiger partial charge is 0.0469 e. The van der Waals surface area contributed by atoms with Crippen LogP contribution in [-0.4, -0.2) is 25.8 Å². The fourth-order valence-electron chi connectivity index (χ4n) is 2.21. The number of hydrogen-bond acceptors (Lipinski definition) is 2.